The van der Waals surface area contributed by atoms with Crippen LogP contribution in [0.15, 0.2) is 53.4 Å². The van der Waals surface area contributed by atoms with Gasteiger partial charge in [-0.05, 0) is 55.5 Å². The molecule has 2 rings (SSSR count). The van der Waals surface area contributed by atoms with Gasteiger partial charge in [-0.2, -0.15) is 0 Å². The monoisotopic (exact) mass is 391 g/mol. The zero-order valence-corrected chi connectivity index (χ0v) is 16.3. The number of carbonyl (C=O) groups excluding carboxylic acids is 2. The van der Waals surface area contributed by atoms with Crippen LogP contribution < -0.4 is 4.74 Å². The number of hydrogen-bond acceptors (Lipinski definition) is 6. The minimum Gasteiger partial charge on any atom is -0.497 e. The van der Waals surface area contributed by atoms with Gasteiger partial charge in [0.05, 0.1) is 17.6 Å². The predicted molar refractivity (Wildman–Crippen MR) is 99.5 cm³/mol. The maximum atomic E-state index is 12.4. The molecule has 0 aliphatic carbocycles. The maximum Gasteiger partial charge on any atom is 0.338 e. The van der Waals surface area contributed by atoms with Crippen molar-refractivity contribution in [3.05, 3.63) is 59.7 Å². The topological polar surface area (TPSA) is 90.0 Å². The molecule has 0 N–H and O–H groups in total. The summed E-state index contributed by atoms with van der Waals surface area (Å²) >= 11 is 0. The number of ketones is 1. The largest absolute Gasteiger partial charge is 0.497 e. The summed E-state index contributed by atoms with van der Waals surface area (Å²) in [5.74, 6) is -0.445. The molecule has 1 atom stereocenters. The van der Waals surface area contributed by atoms with E-state index >= 15 is 0 Å². The van der Waals surface area contributed by atoms with Gasteiger partial charge < -0.3 is 9.47 Å². The maximum absolute atomic E-state index is 12.4. The number of carbonyl (C=O) groups is 2. The molecule has 7 nitrogen and oxygen atoms in total. The summed E-state index contributed by atoms with van der Waals surface area (Å²) in [4.78, 5) is 24.7. The Balaban J connectivity index is 2.08. The number of benzene rings is 2. The Kier molecular flexibility index (Phi) is 6.35. The van der Waals surface area contributed by atoms with Crippen LogP contribution in [0, 0.1) is 0 Å². The Morgan fingerprint density at radius 3 is 1.93 bits per heavy atom. The van der Waals surface area contributed by atoms with Crippen molar-refractivity contribution in [2.45, 2.75) is 17.9 Å². The van der Waals surface area contributed by atoms with Crippen LogP contribution in [0.2, 0.25) is 0 Å². The van der Waals surface area contributed by atoms with Crippen molar-refractivity contribution in [2.75, 3.05) is 21.2 Å². The summed E-state index contributed by atoms with van der Waals surface area (Å²) in [5.41, 5.74) is 0.547. The smallest absolute Gasteiger partial charge is 0.338 e. The van der Waals surface area contributed by atoms with Crippen LogP contribution in [0.5, 0.6) is 5.75 Å². The van der Waals surface area contributed by atoms with Gasteiger partial charge in [0.2, 0.25) is 15.8 Å². The molecule has 0 aliphatic heterocycles. The summed E-state index contributed by atoms with van der Waals surface area (Å²) in [6, 6.07) is 11.8. The molecule has 0 aromatic heterocycles. The first kappa shape index (κ1) is 20.6. The van der Waals surface area contributed by atoms with Crippen LogP contribution in [-0.2, 0) is 14.8 Å². The van der Waals surface area contributed by atoms with E-state index in [2.05, 4.69) is 0 Å². The highest BCUT2D eigenvalue weighted by Crippen LogP contribution is 2.17. The van der Waals surface area contributed by atoms with E-state index in [1.165, 1.54) is 52.4 Å². The molecule has 0 saturated heterocycles. The normalized spacial score (nSPS) is 12.5. The van der Waals surface area contributed by atoms with E-state index < -0.39 is 22.1 Å². The quantitative estimate of drug-likeness (QED) is 0.532. The Morgan fingerprint density at radius 2 is 1.44 bits per heavy atom. The number of methoxy groups -OCH3 is 1. The number of sulfonamides is 1. The Morgan fingerprint density at radius 1 is 0.926 bits per heavy atom. The van der Waals surface area contributed by atoms with Crippen molar-refractivity contribution in [3.63, 3.8) is 0 Å². The van der Waals surface area contributed by atoms with E-state index in [0.717, 1.165) is 4.31 Å². The third kappa shape index (κ3) is 4.72. The number of ether oxygens (including phenoxy) is 2. The van der Waals surface area contributed by atoms with Gasteiger partial charge in [-0.3, -0.25) is 4.79 Å². The highest BCUT2D eigenvalue weighted by atomic mass is 32.2. The third-order valence-corrected chi connectivity index (χ3v) is 5.73. The second-order valence-electron chi connectivity index (χ2n) is 5.95. The number of rotatable bonds is 7. The van der Waals surface area contributed by atoms with Gasteiger partial charge in [0.1, 0.15) is 5.75 Å². The van der Waals surface area contributed by atoms with E-state index in [0.29, 0.717) is 11.3 Å². The van der Waals surface area contributed by atoms with Crippen molar-refractivity contribution in [3.8, 4) is 5.75 Å². The van der Waals surface area contributed by atoms with Crippen LogP contribution >= 0.6 is 0 Å². The summed E-state index contributed by atoms with van der Waals surface area (Å²) < 4.78 is 35.4. The standard InChI is InChI=1S/C19H21NO6S/c1-13(18(21)14-5-9-16(25-4)10-6-14)26-19(22)15-7-11-17(12-8-15)27(23,24)20(2)3/h5-13H,1-4H3/t13-/m1/s1. The van der Waals surface area contributed by atoms with E-state index in [1.807, 2.05) is 0 Å². The zero-order chi connectivity index (χ0) is 20.2. The first-order chi connectivity index (χ1) is 12.7. The Labute approximate surface area is 158 Å². The van der Waals surface area contributed by atoms with Gasteiger partial charge in [0, 0.05) is 19.7 Å². The Bertz CT molecular complexity index is 918. The fourth-order valence-corrected chi connectivity index (χ4v) is 3.15. The summed E-state index contributed by atoms with van der Waals surface area (Å²) in [6.07, 6.45) is -0.990. The Hall–Kier alpha value is -2.71. The first-order valence-electron chi connectivity index (χ1n) is 8.08. The van der Waals surface area contributed by atoms with Crippen LogP contribution in [0.4, 0.5) is 0 Å². The average Bonchev–Trinajstić information content (AvgIpc) is 2.67. The van der Waals surface area contributed by atoms with Crippen LogP contribution in [0.25, 0.3) is 0 Å². The molecule has 144 valence electrons. The molecule has 2 aromatic carbocycles. The molecule has 0 heterocycles. The van der Waals surface area contributed by atoms with Crippen LogP contribution in [0.3, 0.4) is 0 Å². The zero-order valence-electron chi connectivity index (χ0n) is 15.5. The lowest BCUT2D eigenvalue weighted by Crippen LogP contribution is -2.24. The van der Waals surface area contributed by atoms with E-state index in [-0.39, 0.29) is 16.2 Å². The number of hydrogen-bond donors (Lipinski definition) is 0. The van der Waals surface area contributed by atoms with Gasteiger partial charge in [-0.25, -0.2) is 17.5 Å². The fraction of sp³-hybridized carbons (Fsp3) is 0.263. The van der Waals surface area contributed by atoms with Gasteiger partial charge in [-0.15, -0.1) is 0 Å². The molecule has 0 amide bonds. The molecule has 0 spiro atoms. The first-order valence-corrected chi connectivity index (χ1v) is 9.52. The van der Waals surface area contributed by atoms with E-state index in [1.54, 1.807) is 24.3 Å². The minimum absolute atomic E-state index is 0.0615. The predicted octanol–water partition coefficient (Wildman–Crippen LogP) is 2.37. The second kappa shape index (κ2) is 8.32. The number of esters is 1. The fourth-order valence-electron chi connectivity index (χ4n) is 2.25. The molecule has 0 saturated carbocycles. The van der Waals surface area contributed by atoms with Crippen molar-refractivity contribution < 1.29 is 27.5 Å². The van der Waals surface area contributed by atoms with Crippen molar-refractivity contribution in [2.24, 2.45) is 0 Å². The number of Topliss-reactive ketones (excluding diaryl/α,β-unsaturated/α-hetero) is 1. The molecular formula is C19H21NO6S. The minimum atomic E-state index is -3.58. The van der Waals surface area contributed by atoms with Gasteiger partial charge in [0.15, 0.2) is 6.10 Å². The molecule has 8 heteroatoms. The van der Waals surface area contributed by atoms with Crippen molar-refractivity contribution in [1.82, 2.24) is 4.31 Å². The lowest BCUT2D eigenvalue weighted by Gasteiger charge is -2.14. The van der Waals surface area contributed by atoms with Gasteiger partial charge in [-0.1, -0.05) is 0 Å². The molecule has 0 radical (unpaired) electrons. The number of nitrogens with zero attached hydrogens (tertiary/aromatic N) is 1. The van der Waals surface area contributed by atoms with Crippen molar-refractivity contribution >= 4 is 21.8 Å². The highest BCUT2D eigenvalue weighted by molar-refractivity contribution is 7.89. The molecule has 0 fully saturated rings. The van der Waals surface area contributed by atoms with Crippen LogP contribution in [0.1, 0.15) is 27.6 Å². The average molecular weight is 391 g/mol. The van der Waals surface area contributed by atoms with Gasteiger partial charge in [0.25, 0.3) is 0 Å². The molecular weight excluding hydrogens is 370 g/mol. The van der Waals surface area contributed by atoms with Crippen LogP contribution in [-0.4, -0.2) is 51.8 Å². The summed E-state index contributed by atoms with van der Waals surface area (Å²) in [5, 5.41) is 0. The third-order valence-electron chi connectivity index (χ3n) is 3.90. The molecule has 2 aromatic rings. The van der Waals surface area contributed by atoms with Crippen molar-refractivity contribution in [1.29, 1.82) is 0 Å². The molecule has 27 heavy (non-hydrogen) atoms. The van der Waals surface area contributed by atoms with Gasteiger partial charge >= 0.3 is 5.97 Å². The van der Waals surface area contributed by atoms with E-state index in [4.69, 9.17) is 9.47 Å². The molecule has 0 bridgehead atoms. The molecule has 0 aliphatic rings. The second-order valence-corrected chi connectivity index (χ2v) is 8.10. The lowest BCUT2D eigenvalue weighted by atomic mass is 10.1. The summed E-state index contributed by atoms with van der Waals surface area (Å²) in [7, 11) is 0.785. The van der Waals surface area contributed by atoms with E-state index in [9.17, 15) is 18.0 Å². The molecule has 0 unspecified atom stereocenters. The SMILES string of the molecule is COc1ccc(C(=O)[C@@H](C)OC(=O)c2ccc(S(=O)(=O)N(C)C)cc2)cc1. The summed E-state index contributed by atoms with van der Waals surface area (Å²) in [6.45, 7) is 1.48. The highest BCUT2D eigenvalue weighted by Gasteiger charge is 2.22. The lowest BCUT2D eigenvalue weighted by molar-refractivity contribution is 0.0318.